The van der Waals surface area contributed by atoms with Crippen molar-refractivity contribution in [3.8, 4) is 28.7 Å². The van der Waals surface area contributed by atoms with Crippen molar-refractivity contribution in [2.75, 3.05) is 5.73 Å². The minimum Gasteiger partial charge on any atom is -0.382 e. The summed E-state index contributed by atoms with van der Waals surface area (Å²) in [5.41, 5.74) is 8.83. The molecule has 3 N–H and O–H groups in total. The summed E-state index contributed by atoms with van der Waals surface area (Å²) in [4.78, 5) is 35.3. The highest BCUT2D eigenvalue weighted by Gasteiger charge is 2.29. The van der Waals surface area contributed by atoms with Gasteiger partial charge >= 0.3 is 0 Å². The molecule has 0 unspecified atom stereocenters. The Morgan fingerprint density at radius 3 is 2.70 bits per heavy atom. The topological polar surface area (TPSA) is 161 Å². The van der Waals surface area contributed by atoms with E-state index in [0.29, 0.717) is 22.8 Å². The maximum absolute atomic E-state index is 13.4. The summed E-state index contributed by atoms with van der Waals surface area (Å²) in [6.45, 7) is 3.50. The van der Waals surface area contributed by atoms with Gasteiger partial charge in [-0.15, -0.1) is 0 Å². The molecular weight excluding hydrogens is 468 g/mol. The van der Waals surface area contributed by atoms with E-state index >= 15 is 0 Å². The molecule has 1 aromatic carbocycles. The van der Waals surface area contributed by atoms with E-state index < -0.39 is 11.4 Å². The van der Waals surface area contributed by atoms with Gasteiger partial charge in [0.15, 0.2) is 17.2 Å². The lowest BCUT2D eigenvalue weighted by molar-refractivity contribution is 0.0906. The maximum atomic E-state index is 13.4. The molecule has 0 saturated heterocycles. The van der Waals surface area contributed by atoms with Crippen molar-refractivity contribution in [2.45, 2.75) is 19.4 Å². The predicted octanol–water partition coefficient (Wildman–Crippen LogP) is 3.00. The summed E-state index contributed by atoms with van der Waals surface area (Å²) < 4.78 is 1.65. The summed E-state index contributed by atoms with van der Waals surface area (Å²) in [5.74, 6) is -0.590. The molecule has 0 atom stereocenters. The van der Waals surface area contributed by atoms with Crippen molar-refractivity contribution in [2.24, 2.45) is 7.05 Å². The molecule has 0 saturated carbocycles. The van der Waals surface area contributed by atoms with Crippen LogP contribution in [-0.2, 0) is 12.6 Å². The van der Waals surface area contributed by atoms with Gasteiger partial charge < -0.3 is 11.1 Å². The zero-order valence-corrected chi connectivity index (χ0v) is 20.3. The standard InChI is InChI=1S/C26H22N10O/c1-26(2,20-14-29-13-17(12-27)31-20)34-25(37)23-24(28)33-22(19-8-10-36(3)35-19)21(32-23)16-6-7-18-15(11-16)5-4-9-30-18/h4-11,13-14H,1-3H3,(H2,28,33)(H,34,37). The van der Waals surface area contributed by atoms with Crippen molar-refractivity contribution in [3.63, 3.8) is 0 Å². The van der Waals surface area contributed by atoms with Gasteiger partial charge in [-0.3, -0.25) is 19.4 Å². The number of anilines is 1. The maximum Gasteiger partial charge on any atom is 0.274 e. The Balaban J connectivity index is 1.60. The number of aryl methyl sites for hydroxylation is 1. The van der Waals surface area contributed by atoms with Crippen LogP contribution in [-0.4, -0.2) is 40.6 Å². The van der Waals surface area contributed by atoms with Crippen LogP contribution in [0.4, 0.5) is 5.82 Å². The van der Waals surface area contributed by atoms with Gasteiger partial charge in [-0.1, -0.05) is 12.1 Å². The Hall–Kier alpha value is -5.24. The first kappa shape index (κ1) is 23.5. The fourth-order valence-corrected chi connectivity index (χ4v) is 3.89. The molecule has 0 bridgehead atoms. The molecule has 1 amide bonds. The van der Waals surface area contributed by atoms with Crippen LogP contribution >= 0.6 is 0 Å². The summed E-state index contributed by atoms with van der Waals surface area (Å²) in [7, 11) is 1.80. The zero-order valence-electron chi connectivity index (χ0n) is 20.3. The van der Waals surface area contributed by atoms with Crippen LogP contribution in [0.25, 0.3) is 33.5 Å². The molecule has 11 heteroatoms. The molecule has 4 aromatic heterocycles. The van der Waals surface area contributed by atoms with Crippen LogP contribution < -0.4 is 11.1 Å². The van der Waals surface area contributed by atoms with Crippen LogP contribution in [0.2, 0.25) is 0 Å². The molecule has 0 aliphatic carbocycles. The summed E-state index contributed by atoms with van der Waals surface area (Å²) in [6.07, 6.45) is 6.37. The number of pyridine rings is 1. The molecule has 0 fully saturated rings. The van der Waals surface area contributed by atoms with Gasteiger partial charge in [0.1, 0.15) is 17.5 Å². The summed E-state index contributed by atoms with van der Waals surface area (Å²) >= 11 is 0. The van der Waals surface area contributed by atoms with E-state index in [1.165, 1.54) is 12.4 Å². The van der Waals surface area contributed by atoms with Crippen LogP contribution in [0, 0.1) is 11.3 Å². The number of nitrogens with zero attached hydrogens (tertiary/aromatic N) is 8. The number of fused-ring (bicyclic) bond motifs is 1. The summed E-state index contributed by atoms with van der Waals surface area (Å²) in [5, 5.41) is 17.4. The fraction of sp³-hybridized carbons (Fsp3) is 0.154. The van der Waals surface area contributed by atoms with Gasteiger partial charge in [-0.05, 0) is 38.1 Å². The molecule has 11 nitrogen and oxygen atoms in total. The van der Waals surface area contributed by atoms with Gasteiger partial charge in [-0.2, -0.15) is 10.4 Å². The highest BCUT2D eigenvalue weighted by atomic mass is 16.2. The highest BCUT2D eigenvalue weighted by Crippen LogP contribution is 2.32. The molecule has 0 radical (unpaired) electrons. The van der Waals surface area contributed by atoms with Crippen LogP contribution in [0.3, 0.4) is 0 Å². The van der Waals surface area contributed by atoms with Crippen molar-refractivity contribution in [3.05, 3.63) is 78.3 Å². The number of nitrogens with two attached hydrogens (primary N) is 1. The second kappa shape index (κ2) is 9.09. The van der Waals surface area contributed by atoms with Crippen molar-refractivity contribution < 1.29 is 4.79 Å². The van der Waals surface area contributed by atoms with Crippen LogP contribution in [0.15, 0.2) is 61.2 Å². The second-order valence-electron chi connectivity index (χ2n) is 8.92. The van der Waals surface area contributed by atoms with Gasteiger partial charge in [0, 0.05) is 30.4 Å². The number of rotatable bonds is 5. The number of carbonyl (C=O) groups excluding carboxylic acids is 1. The number of nitrogen functional groups attached to an aromatic ring is 1. The zero-order chi connectivity index (χ0) is 26.2. The summed E-state index contributed by atoms with van der Waals surface area (Å²) in [6, 6.07) is 13.2. The number of hydrogen-bond acceptors (Lipinski definition) is 9. The smallest absolute Gasteiger partial charge is 0.274 e. The highest BCUT2D eigenvalue weighted by molar-refractivity contribution is 5.98. The normalized spacial score (nSPS) is 11.3. The number of carbonyl (C=O) groups is 1. The minimum absolute atomic E-state index is 0.0431. The lowest BCUT2D eigenvalue weighted by Gasteiger charge is -2.25. The van der Waals surface area contributed by atoms with Gasteiger partial charge in [-0.25, -0.2) is 15.0 Å². The molecule has 5 rings (SSSR count). The van der Waals surface area contributed by atoms with Crippen LogP contribution in [0.5, 0.6) is 0 Å². The van der Waals surface area contributed by atoms with E-state index in [1.807, 2.05) is 36.4 Å². The van der Waals surface area contributed by atoms with E-state index in [4.69, 9.17) is 11.0 Å². The van der Waals surface area contributed by atoms with Crippen LogP contribution in [0.1, 0.15) is 35.7 Å². The number of nitriles is 1. The Kier molecular flexibility index (Phi) is 5.77. The van der Waals surface area contributed by atoms with E-state index in [1.54, 1.807) is 44.0 Å². The number of amides is 1. The first-order chi connectivity index (χ1) is 17.7. The Morgan fingerprint density at radius 1 is 1.11 bits per heavy atom. The third-order valence-corrected chi connectivity index (χ3v) is 5.79. The van der Waals surface area contributed by atoms with Gasteiger partial charge in [0.2, 0.25) is 0 Å². The van der Waals surface area contributed by atoms with Crippen molar-refractivity contribution in [1.29, 1.82) is 5.26 Å². The predicted molar refractivity (Wildman–Crippen MR) is 137 cm³/mol. The monoisotopic (exact) mass is 490 g/mol. The van der Waals surface area contributed by atoms with Crippen molar-refractivity contribution in [1.82, 2.24) is 40.0 Å². The number of nitrogens with one attached hydrogen (secondary N) is 1. The largest absolute Gasteiger partial charge is 0.382 e. The Morgan fingerprint density at radius 2 is 1.95 bits per heavy atom. The first-order valence-electron chi connectivity index (χ1n) is 11.3. The molecule has 5 aromatic rings. The first-order valence-corrected chi connectivity index (χ1v) is 11.3. The van der Waals surface area contributed by atoms with E-state index in [9.17, 15) is 4.79 Å². The molecule has 0 aliphatic rings. The number of aromatic nitrogens is 7. The van der Waals surface area contributed by atoms with Crippen molar-refractivity contribution >= 4 is 22.6 Å². The Labute approximate surface area is 212 Å². The second-order valence-corrected chi connectivity index (χ2v) is 8.92. The van der Waals surface area contributed by atoms with E-state index in [-0.39, 0.29) is 17.2 Å². The molecule has 0 spiro atoms. The van der Waals surface area contributed by atoms with Gasteiger partial charge in [0.25, 0.3) is 5.91 Å². The average Bonchev–Trinajstić information content (AvgIpc) is 3.34. The SMILES string of the molecule is Cn1ccc(-c2nc(N)c(C(=O)NC(C)(C)c3cncc(C#N)n3)nc2-c2ccc3ncccc3c2)n1. The third-order valence-electron chi connectivity index (χ3n) is 5.79. The lowest BCUT2D eigenvalue weighted by Crippen LogP contribution is -2.42. The average molecular weight is 491 g/mol. The molecule has 4 heterocycles. The molecule has 182 valence electrons. The Bertz CT molecular complexity index is 1700. The van der Waals surface area contributed by atoms with E-state index in [2.05, 4.69) is 35.3 Å². The third kappa shape index (κ3) is 4.55. The molecule has 0 aliphatic heterocycles. The fourth-order valence-electron chi connectivity index (χ4n) is 3.89. The van der Waals surface area contributed by atoms with E-state index in [0.717, 1.165) is 16.5 Å². The minimum atomic E-state index is -0.973. The number of hydrogen-bond donors (Lipinski definition) is 2. The quantitative estimate of drug-likeness (QED) is 0.377. The van der Waals surface area contributed by atoms with Gasteiger partial charge in [0.05, 0.1) is 34.8 Å². The molecular formula is C26H22N10O. The molecule has 37 heavy (non-hydrogen) atoms. The lowest BCUT2D eigenvalue weighted by atomic mass is 10.0. The number of benzene rings is 1.